The Balaban J connectivity index is 0.00000341. The third-order valence-corrected chi connectivity index (χ3v) is 7.32. The van der Waals surface area contributed by atoms with E-state index in [-0.39, 0.29) is 29.5 Å². The van der Waals surface area contributed by atoms with Crippen molar-refractivity contribution in [1.82, 2.24) is 10.2 Å². The van der Waals surface area contributed by atoms with Crippen molar-refractivity contribution in [2.75, 3.05) is 19.6 Å². The molecule has 1 N–H and O–H groups in total. The summed E-state index contributed by atoms with van der Waals surface area (Å²) in [7, 11) is 0. The maximum atomic E-state index is 12.4. The van der Waals surface area contributed by atoms with Gasteiger partial charge in [0.15, 0.2) is 0 Å². The van der Waals surface area contributed by atoms with Gasteiger partial charge in [0.1, 0.15) is 0 Å². The van der Waals surface area contributed by atoms with Crippen LogP contribution >= 0.6 is 23.7 Å². The van der Waals surface area contributed by atoms with Gasteiger partial charge in [-0.15, -0.1) is 23.7 Å². The highest BCUT2D eigenvalue weighted by atomic mass is 35.5. The summed E-state index contributed by atoms with van der Waals surface area (Å²) >= 11 is 1.86. The van der Waals surface area contributed by atoms with E-state index >= 15 is 0 Å². The van der Waals surface area contributed by atoms with E-state index in [1.807, 2.05) is 11.3 Å². The zero-order valence-electron chi connectivity index (χ0n) is 18.3. The lowest BCUT2D eigenvalue weighted by Crippen LogP contribution is -2.50. The maximum absolute atomic E-state index is 12.4. The van der Waals surface area contributed by atoms with Crippen molar-refractivity contribution in [2.45, 2.75) is 57.9 Å². The van der Waals surface area contributed by atoms with Gasteiger partial charge >= 0.3 is 0 Å². The van der Waals surface area contributed by atoms with Gasteiger partial charge in [-0.2, -0.15) is 0 Å². The molecule has 0 radical (unpaired) electrons. The van der Waals surface area contributed by atoms with Crippen molar-refractivity contribution in [3.8, 4) is 0 Å². The zero-order chi connectivity index (χ0) is 21.6. The van der Waals surface area contributed by atoms with Gasteiger partial charge in [0.05, 0.1) is 10.5 Å². The van der Waals surface area contributed by atoms with Gasteiger partial charge < -0.3 is 5.32 Å². The van der Waals surface area contributed by atoms with Crippen LogP contribution in [0.2, 0.25) is 0 Å². The average molecular weight is 466 g/mol. The number of benzene rings is 1. The number of carbonyl (C=O) groups excluding carboxylic acids is 1. The van der Waals surface area contributed by atoms with E-state index in [0.29, 0.717) is 12.1 Å². The third kappa shape index (κ3) is 6.05. The lowest BCUT2D eigenvalue weighted by atomic mass is 9.84. The number of amides is 1. The first-order valence-electron chi connectivity index (χ1n) is 10.8. The predicted octanol–water partition coefficient (Wildman–Crippen LogP) is 5.55. The van der Waals surface area contributed by atoms with Gasteiger partial charge in [-0.1, -0.05) is 32.6 Å². The minimum absolute atomic E-state index is 0. The monoisotopic (exact) mass is 465 g/mol. The van der Waals surface area contributed by atoms with E-state index < -0.39 is 4.92 Å². The highest BCUT2D eigenvalue weighted by Crippen LogP contribution is 2.42. The van der Waals surface area contributed by atoms with Crippen molar-refractivity contribution in [2.24, 2.45) is 0 Å². The molecule has 0 fully saturated rings. The SMILES string of the molecule is CCCCCCC1(C)c2sccc2CCN1CCNC(=O)c1ccc([N+](=O)[O-])cc1.Cl. The molecule has 1 atom stereocenters. The van der Waals surface area contributed by atoms with Crippen molar-refractivity contribution in [1.29, 1.82) is 0 Å². The smallest absolute Gasteiger partial charge is 0.269 e. The molecular weight excluding hydrogens is 434 g/mol. The molecule has 31 heavy (non-hydrogen) atoms. The van der Waals surface area contributed by atoms with Crippen LogP contribution in [0.1, 0.15) is 66.8 Å². The molecule has 1 aromatic heterocycles. The Morgan fingerprint density at radius 1 is 1.23 bits per heavy atom. The Morgan fingerprint density at radius 3 is 2.65 bits per heavy atom. The van der Waals surface area contributed by atoms with Crippen molar-refractivity contribution >= 4 is 35.3 Å². The fourth-order valence-electron chi connectivity index (χ4n) is 4.32. The molecule has 3 rings (SSSR count). The fourth-order valence-corrected chi connectivity index (χ4v) is 5.49. The number of nitrogens with zero attached hydrogens (tertiary/aromatic N) is 2. The number of nitro groups is 1. The van der Waals surface area contributed by atoms with Gasteiger partial charge in [-0.25, -0.2) is 0 Å². The molecule has 6 nitrogen and oxygen atoms in total. The zero-order valence-corrected chi connectivity index (χ0v) is 19.9. The second-order valence-electron chi connectivity index (χ2n) is 8.16. The Hall–Kier alpha value is -1.96. The summed E-state index contributed by atoms with van der Waals surface area (Å²) in [5.41, 5.74) is 1.94. The Kier molecular flexibility index (Phi) is 9.47. The summed E-state index contributed by atoms with van der Waals surface area (Å²) in [4.78, 5) is 26.7. The first kappa shape index (κ1) is 25.3. The van der Waals surface area contributed by atoms with Crippen LogP contribution in [0.15, 0.2) is 35.7 Å². The lowest BCUT2D eigenvalue weighted by Gasteiger charge is -2.45. The van der Waals surface area contributed by atoms with E-state index in [1.54, 1.807) is 0 Å². The number of thiophene rings is 1. The van der Waals surface area contributed by atoms with E-state index in [1.165, 1.54) is 60.4 Å². The number of unbranched alkanes of at least 4 members (excludes halogenated alkanes) is 3. The van der Waals surface area contributed by atoms with Crippen LogP contribution in [-0.2, 0) is 12.0 Å². The average Bonchev–Trinajstić information content (AvgIpc) is 3.23. The molecule has 0 spiro atoms. The summed E-state index contributed by atoms with van der Waals surface area (Å²) in [6.07, 6.45) is 7.18. The second kappa shape index (κ2) is 11.6. The number of hydrogen-bond donors (Lipinski definition) is 1. The predicted molar refractivity (Wildman–Crippen MR) is 128 cm³/mol. The molecule has 0 aliphatic carbocycles. The summed E-state index contributed by atoms with van der Waals surface area (Å²) < 4.78 is 0. The van der Waals surface area contributed by atoms with E-state index in [2.05, 4.69) is 35.5 Å². The van der Waals surface area contributed by atoms with Gasteiger partial charge in [-0.3, -0.25) is 19.8 Å². The van der Waals surface area contributed by atoms with E-state index in [0.717, 1.165) is 25.9 Å². The number of non-ortho nitro benzene ring substituents is 1. The highest BCUT2D eigenvalue weighted by Gasteiger charge is 2.38. The van der Waals surface area contributed by atoms with E-state index in [4.69, 9.17) is 0 Å². The Bertz CT molecular complexity index is 871. The molecule has 2 heterocycles. The molecule has 0 saturated heterocycles. The van der Waals surface area contributed by atoms with Crippen molar-refractivity contribution in [3.05, 3.63) is 61.8 Å². The number of nitrogens with one attached hydrogen (secondary N) is 1. The largest absolute Gasteiger partial charge is 0.351 e. The first-order chi connectivity index (χ1) is 14.5. The van der Waals surface area contributed by atoms with Crippen molar-refractivity contribution in [3.63, 3.8) is 0 Å². The highest BCUT2D eigenvalue weighted by molar-refractivity contribution is 7.10. The van der Waals surface area contributed by atoms with Crippen LogP contribution in [0, 0.1) is 10.1 Å². The molecule has 0 saturated carbocycles. The Labute approximate surface area is 194 Å². The van der Waals surface area contributed by atoms with Gasteiger partial charge in [0.25, 0.3) is 11.6 Å². The van der Waals surface area contributed by atoms with Gasteiger partial charge in [0, 0.05) is 42.2 Å². The van der Waals surface area contributed by atoms with Crippen LogP contribution in [0.25, 0.3) is 0 Å². The molecule has 8 heteroatoms. The molecule has 1 aliphatic heterocycles. The molecule has 1 amide bonds. The van der Waals surface area contributed by atoms with Crippen molar-refractivity contribution < 1.29 is 9.72 Å². The number of rotatable bonds is 10. The van der Waals surface area contributed by atoms with Crippen LogP contribution in [0.5, 0.6) is 0 Å². The summed E-state index contributed by atoms with van der Waals surface area (Å²) in [6.45, 7) is 6.94. The molecule has 2 aromatic rings. The van der Waals surface area contributed by atoms with Gasteiger partial charge in [0.2, 0.25) is 0 Å². The quantitative estimate of drug-likeness (QED) is 0.283. The number of fused-ring (bicyclic) bond motifs is 1. The normalized spacial score (nSPS) is 18.1. The first-order valence-corrected chi connectivity index (χ1v) is 11.7. The third-order valence-electron chi connectivity index (χ3n) is 6.11. The molecule has 170 valence electrons. The summed E-state index contributed by atoms with van der Waals surface area (Å²) in [6, 6.07) is 8.00. The van der Waals surface area contributed by atoms with Crippen LogP contribution in [0.3, 0.4) is 0 Å². The maximum Gasteiger partial charge on any atom is 0.269 e. The number of hydrogen-bond acceptors (Lipinski definition) is 5. The Morgan fingerprint density at radius 2 is 1.97 bits per heavy atom. The van der Waals surface area contributed by atoms with E-state index in [9.17, 15) is 14.9 Å². The molecule has 1 aromatic carbocycles. The summed E-state index contributed by atoms with van der Waals surface area (Å²) in [5.74, 6) is -0.191. The minimum Gasteiger partial charge on any atom is -0.351 e. The standard InChI is InChI=1S/C23H31N3O3S.ClH/c1-3-4-5-6-13-23(2)21-18(12-17-30-21)11-15-25(23)16-14-24-22(27)19-7-9-20(10-8-19)26(28)29;/h7-10,12,17H,3-6,11,13-16H2,1-2H3,(H,24,27);1H. The van der Waals surface area contributed by atoms with Gasteiger partial charge in [-0.05, 0) is 48.9 Å². The molecule has 0 bridgehead atoms. The second-order valence-corrected chi connectivity index (χ2v) is 9.07. The number of nitro benzene ring substituents is 1. The van der Waals surface area contributed by atoms with Crippen LogP contribution in [-0.4, -0.2) is 35.4 Å². The topological polar surface area (TPSA) is 75.5 Å². The lowest BCUT2D eigenvalue weighted by molar-refractivity contribution is -0.384. The van der Waals surface area contributed by atoms with Crippen LogP contribution < -0.4 is 5.32 Å². The van der Waals surface area contributed by atoms with Crippen LogP contribution in [0.4, 0.5) is 5.69 Å². The molecule has 1 aliphatic rings. The fraction of sp³-hybridized carbons (Fsp3) is 0.522. The minimum atomic E-state index is -0.460. The molecule has 1 unspecified atom stereocenters. The number of carbonyl (C=O) groups is 1. The summed E-state index contributed by atoms with van der Waals surface area (Å²) in [5, 5.41) is 16.0. The molecular formula is C23H32ClN3O3S. The number of halogens is 1.